The maximum atomic E-state index is 13.6. The fourth-order valence-corrected chi connectivity index (χ4v) is 2.12. The number of alkyl halides is 1. The molecule has 0 amide bonds. The number of rotatable bonds is 3. The monoisotopic (exact) mass is 252 g/mol. The van der Waals surface area contributed by atoms with Crippen LogP contribution in [0, 0.1) is 0 Å². The Kier molecular flexibility index (Phi) is 4.02. The quantitative estimate of drug-likeness (QED) is 0.376. The van der Waals surface area contributed by atoms with Crippen LogP contribution in [0.2, 0.25) is 0 Å². The van der Waals surface area contributed by atoms with Crippen LogP contribution in [0.5, 0.6) is 5.75 Å². The summed E-state index contributed by atoms with van der Waals surface area (Å²) < 4.78 is 19.2. The highest BCUT2D eigenvalue weighted by Gasteiger charge is 2.26. The van der Waals surface area contributed by atoms with Gasteiger partial charge >= 0.3 is 0 Å². The normalized spacial score (nSPS) is 24.8. The summed E-state index contributed by atoms with van der Waals surface area (Å²) >= 11 is 0. The molecule has 0 aliphatic heterocycles. The zero-order chi connectivity index (χ0) is 13.0. The second kappa shape index (κ2) is 5.71. The third-order valence-corrected chi connectivity index (χ3v) is 3.17. The summed E-state index contributed by atoms with van der Waals surface area (Å²) in [6.07, 6.45) is 2.03. The predicted molar refractivity (Wildman–Crippen MR) is 66.7 cm³/mol. The SMILES string of the molecule is N/C(=N\O)c1ccc(OC2CCCCC2F)cc1. The van der Waals surface area contributed by atoms with E-state index in [1.807, 2.05) is 0 Å². The Morgan fingerprint density at radius 3 is 2.56 bits per heavy atom. The fourth-order valence-electron chi connectivity index (χ4n) is 2.12. The van der Waals surface area contributed by atoms with E-state index in [-0.39, 0.29) is 11.9 Å². The van der Waals surface area contributed by atoms with Gasteiger partial charge in [-0.25, -0.2) is 4.39 Å². The minimum absolute atomic E-state index is 0.0441. The van der Waals surface area contributed by atoms with Crippen molar-refractivity contribution in [2.24, 2.45) is 10.9 Å². The number of amidine groups is 1. The van der Waals surface area contributed by atoms with Gasteiger partial charge in [-0.15, -0.1) is 0 Å². The highest BCUT2D eigenvalue weighted by molar-refractivity contribution is 5.97. The van der Waals surface area contributed by atoms with Gasteiger partial charge in [-0.1, -0.05) is 11.6 Å². The number of nitrogens with zero attached hydrogens (tertiary/aromatic N) is 1. The van der Waals surface area contributed by atoms with Crippen LogP contribution in [0.15, 0.2) is 29.4 Å². The fraction of sp³-hybridized carbons (Fsp3) is 0.462. The lowest BCUT2D eigenvalue weighted by atomic mass is 9.96. The van der Waals surface area contributed by atoms with Crippen LogP contribution in [-0.2, 0) is 0 Å². The van der Waals surface area contributed by atoms with Gasteiger partial charge in [0.1, 0.15) is 18.0 Å². The average molecular weight is 252 g/mol. The predicted octanol–water partition coefficient (Wildman–Crippen LogP) is 2.44. The van der Waals surface area contributed by atoms with E-state index in [2.05, 4.69) is 5.16 Å². The Hall–Kier alpha value is -1.78. The molecule has 0 heterocycles. The van der Waals surface area contributed by atoms with Crippen LogP contribution in [-0.4, -0.2) is 23.3 Å². The van der Waals surface area contributed by atoms with Gasteiger partial charge in [-0.05, 0) is 43.5 Å². The largest absolute Gasteiger partial charge is 0.487 e. The van der Waals surface area contributed by atoms with E-state index in [0.717, 1.165) is 19.3 Å². The molecular formula is C13H17FN2O2. The molecule has 0 bridgehead atoms. The van der Waals surface area contributed by atoms with Gasteiger partial charge < -0.3 is 15.7 Å². The van der Waals surface area contributed by atoms with Crippen molar-refractivity contribution in [1.82, 2.24) is 0 Å². The zero-order valence-electron chi connectivity index (χ0n) is 10.1. The average Bonchev–Trinajstić information content (AvgIpc) is 2.41. The molecule has 0 spiro atoms. The first kappa shape index (κ1) is 12.7. The van der Waals surface area contributed by atoms with E-state index >= 15 is 0 Å². The van der Waals surface area contributed by atoms with Gasteiger partial charge in [0, 0.05) is 5.56 Å². The molecule has 2 unspecified atom stereocenters. The van der Waals surface area contributed by atoms with Crippen LogP contribution < -0.4 is 10.5 Å². The smallest absolute Gasteiger partial charge is 0.170 e. The van der Waals surface area contributed by atoms with Crippen LogP contribution in [0.25, 0.3) is 0 Å². The number of oxime groups is 1. The summed E-state index contributed by atoms with van der Waals surface area (Å²) in [7, 11) is 0. The third-order valence-electron chi connectivity index (χ3n) is 3.17. The van der Waals surface area contributed by atoms with Crippen LogP contribution in [0.1, 0.15) is 31.2 Å². The number of hydrogen-bond donors (Lipinski definition) is 2. The molecule has 5 heteroatoms. The molecule has 1 aromatic carbocycles. The summed E-state index contributed by atoms with van der Waals surface area (Å²) in [6.45, 7) is 0. The Morgan fingerprint density at radius 2 is 1.94 bits per heavy atom. The van der Waals surface area contributed by atoms with Gasteiger partial charge in [0.2, 0.25) is 0 Å². The summed E-state index contributed by atoms with van der Waals surface area (Å²) in [6, 6.07) is 6.77. The van der Waals surface area contributed by atoms with E-state index in [1.165, 1.54) is 0 Å². The molecule has 0 radical (unpaired) electrons. The van der Waals surface area contributed by atoms with Crippen LogP contribution in [0.3, 0.4) is 0 Å². The van der Waals surface area contributed by atoms with E-state index in [4.69, 9.17) is 15.7 Å². The molecule has 0 aromatic heterocycles. The van der Waals surface area contributed by atoms with E-state index in [0.29, 0.717) is 17.7 Å². The standard InChI is InChI=1S/C13H17FN2O2/c14-11-3-1-2-4-12(11)18-10-7-5-9(6-8-10)13(15)16-17/h5-8,11-12,17H,1-4H2,(H2,15,16). The van der Waals surface area contributed by atoms with Crippen LogP contribution in [0.4, 0.5) is 4.39 Å². The van der Waals surface area contributed by atoms with Crippen molar-refractivity contribution < 1.29 is 14.3 Å². The summed E-state index contributed by atoms with van der Waals surface area (Å²) in [5.74, 6) is 0.654. The molecule has 1 fully saturated rings. The second-order valence-corrected chi connectivity index (χ2v) is 4.47. The summed E-state index contributed by atoms with van der Waals surface area (Å²) in [5, 5.41) is 11.4. The van der Waals surface area contributed by atoms with Gasteiger partial charge in [0.25, 0.3) is 0 Å². The van der Waals surface area contributed by atoms with Gasteiger partial charge in [-0.2, -0.15) is 0 Å². The maximum absolute atomic E-state index is 13.6. The topological polar surface area (TPSA) is 67.8 Å². The van der Waals surface area contributed by atoms with Crippen molar-refractivity contribution in [3.05, 3.63) is 29.8 Å². The van der Waals surface area contributed by atoms with E-state index < -0.39 is 6.17 Å². The lowest BCUT2D eigenvalue weighted by Gasteiger charge is -2.26. The first-order chi connectivity index (χ1) is 8.70. The van der Waals surface area contributed by atoms with Crippen molar-refractivity contribution in [1.29, 1.82) is 0 Å². The Balaban J connectivity index is 2.01. The third kappa shape index (κ3) is 2.91. The molecule has 1 aliphatic carbocycles. The number of halogens is 1. The lowest BCUT2D eigenvalue weighted by Crippen LogP contribution is -2.31. The highest BCUT2D eigenvalue weighted by atomic mass is 19.1. The van der Waals surface area contributed by atoms with Gasteiger partial charge in [0.05, 0.1) is 0 Å². The molecule has 2 atom stereocenters. The zero-order valence-corrected chi connectivity index (χ0v) is 10.1. The number of ether oxygens (including phenoxy) is 1. The van der Waals surface area contributed by atoms with Crippen molar-refractivity contribution in [3.8, 4) is 5.75 Å². The Bertz CT molecular complexity index is 420. The molecule has 0 saturated heterocycles. The van der Waals surface area contributed by atoms with Crippen molar-refractivity contribution in [2.75, 3.05) is 0 Å². The molecule has 98 valence electrons. The second-order valence-electron chi connectivity index (χ2n) is 4.47. The van der Waals surface area contributed by atoms with E-state index in [1.54, 1.807) is 24.3 Å². The van der Waals surface area contributed by atoms with E-state index in [9.17, 15) is 4.39 Å². The maximum Gasteiger partial charge on any atom is 0.170 e. The van der Waals surface area contributed by atoms with Gasteiger partial charge in [-0.3, -0.25) is 0 Å². The summed E-state index contributed by atoms with van der Waals surface area (Å²) in [5.41, 5.74) is 6.05. The molecule has 1 aliphatic rings. The summed E-state index contributed by atoms with van der Waals surface area (Å²) in [4.78, 5) is 0. The molecular weight excluding hydrogens is 235 g/mol. The van der Waals surface area contributed by atoms with Gasteiger partial charge in [0.15, 0.2) is 5.84 Å². The van der Waals surface area contributed by atoms with Crippen LogP contribution >= 0.6 is 0 Å². The van der Waals surface area contributed by atoms with Crippen molar-refractivity contribution in [3.63, 3.8) is 0 Å². The molecule has 1 saturated carbocycles. The minimum atomic E-state index is -0.887. The molecule has 2 rings (SSSR count). The Morgan fingerprint density at radius 1 is 1.28 bits per heavy atom. The number of benzene rings is 1. The molecule has 4 nitrogen and oxygen atoms in total. The minimum Gasteiger partial charge on any atom is -0.487 e. The Labute approximate surface area is 105 Å². The molecule has 1 aromatic rings. The molecule has 3 N–H and O–H groups in total. The van der Waals surface area contributed by atoms with Crippen molar-refractivity contribution in [2.45, 2.75) is 38.0 Å². The highest BCUT2D eigenvalue weighted by Crippen LogP contribution is 2.26. The van der Waals surface area contributed by atoms with Crippen molar-refractivity contribution >= 4 is 5.84 Å². The number of nitrogens with two attached hydrogens (primary N) is 1. The first-order valence-corrected chi connectivity index (χ1v) is 6.09. The molecule has 18 heavy (non-hydrogen) atoms. The first-order valence-electron chi connectivity index (χ1n) is 6.09. The lowest BCUT2D eigenvalue weighted by molar-refractivity contribution is 0.0638. The number of hydrogen-bond acceptors (Lipinski definition) is 3.